The first kappa shape index (κ1) is 17.9. The summed E-state index contributed by atoms with van der Waals surface area (Å²) < 4.78 is 27.3. The zero-order chi connectivity index (χ0) is 14.2. The Balaban J connectivity index is 4.17. The standard InChI is InChI=1S/C13H29NO3S/c1-12(2)13(3,11-14-8-9-17-4)7-6-10-18(5,15)16/h12,14H,6-11H2,1-5H3. The Kier molecular flexibility index (Phi) is 8.06. The molecule has 18 heavy (non-hydrogen) atoms. The van der Waals surface area contributed by atoms with Crippen LogP contribution in [0.2, 0.25) is 0 Å². The first-order valence-electron chi connectivity index (χ1n) is 6.58. The van der Waals surface area contributed by atoms with Gasteiger partial charge in [-0.15, -0.1) is 0 Å². The molecule has 0 bridgehead atoms. The van der Waals surface area contributed by atoms with E-state index in [9.17, 15) is 8.42 Å². The van der Waals surface area contributed by atoms with Gasteiger partial charge in [0.2, 0.25) is 0 Å². The Labute approximate surface area is 112 Å². The van der Waals surface area contributed by atoms with E-state index in [-0.39, 0.29) is 11.2 Å². The van der Waals surface area contributed by atoms with Crippen molar-refractivity contribution in [3.63, 3.8) is 0 Å². The minimum atomic E-state index is -2.84. The summed E-state index contributed by atoms with van der Waals surface area (Å²) in [4.78, 5) is 0. The predicted octanol–water partition coefficient (Wildman–Crippen LogP) is 1.71. The average Bonchev–Trinajstić information content (AvgIpc) is 2.22. The van der Waals surface area contributed by atoms with Crippen molar-refractivity contribution in [3.05, 3.63) is 0 Å². The third kappa shape index (κ3) is 8.06. The lowest BCUT2D eigenvalue weighted by molar-refractivity contribution is 0.167. The SMILES string of the molecule is COCCNCC(C)(CCCS(C)(=O)=O)C(C)C. The van der Waals surface area contributed by atoms with E-state index in [1.165, 1.54) is 6.26 Å². The van der Waals surface area contributed by atoms with Crippen LogP contribution < -0.4 is 5.32 Å². The van der Waals surface area contributed by atoms with E-state index in [0.717, 1.165) is 25.9 Å². The zero-order valence-corrected chi connectivity index (χ0v) is 13.3. The molecule has 0 aromatic heterocycles. The van der Waals surface area contributed by atoms with E-state index < -0.39 is 9.84 Å². The number of nitrogens with one attached hydrogen (secondary N) is 1. The van der Waals surface area contributed by atoms with Gasteiger partial charge in [-0.3, -0.25) is 0 Å². The van der Waals surface area contributed by atoms with Crippen LogP contribution in [0.4, 0.5) is 0 Å². The van der Waals surface area contributed by atoms with Gasteiger partial charge in [0.25, 0.3) is 0 Å². The molecule has 4 nitrogen and oxygen atoms in total. The molecule has 0 amide bonds. The van der Waals surface area contributed by atoms with Crippen LogP contribution in [0.5, 0.6) is 0 Å². The highest BCUT2D eigenvalue weighted by Crippen LogP contribution is 2.31. The highest BCUT2D eigenvalue weighted by molar-refractivity contribution is 7.90. The molecule has 0 radical (unpaired) electrons. The zero-order valence-electron chi connectivity index (χ0n) is 12.5. The third-order valence-electron chi connectivity index (χ3n) is 3.67. The van der Waals surface area contributed by atoms with Gasteiger partial charge in [-0.1, -0.05) is 20.8 Å². The summed E-state index contributed by atoms with van der Waals surface area (Å²) in [6, 6.07) is 0. The Morgan fingerprint density at radius 1 is 1.33 bits per heavy atom. The molecular weight excluding hydrogens is 250 g/mol. The normalized spacial score (nSPS) is 15.9. The number of hydrogen-bond donors (Lipinski definition) is 1. The minimum absolute atomic E-state index is 0.137. The van der Waals surface area contributed by atoms with Crippen molar-refractivity contribution in [2.75, 3.05) is 38.8 Å². The maximum absolute atomic E-state index is 11.2. The highest BCUT2D eigenvalue weighted by atomic mass is 32.2. The van der Waals surface area contributed by atoms with Crippen molar-refractivity contribution in [3.8, 4) is 0 Å². The monoisotopic (exact) mass is 279 g/mol. The first-order chi connectivity index (χ1) is 8.21. The molecule has 5 heteroatoms. The van der Waals surface area contributed by atoms with Gasteiger partial charge in [0.15, 0.2) is 0 Å². The summed E-state index contributed by atoms with van der Waals surface area (Å²) >= 11 is 0. The van der Waals surface area contributed by atoms with Crippen molar-refractivity contribution in [1.82, 2.24) is 5.32 Å². The van der Waals surface area contributed by atoms with Crippen LogP contribution in [-0.4, -0.2) is 47.2 Å². The molecule has 110 valence electrons. The molecule has 0 heterocycles. The topological polar surface area (TPSA) is 55.4 Å². The largest absolute Gasteiger partial charge is 0.383 e. The Morgan fingerprint density at radius 3 is 2.39 bits per heavy atom. The smallest absolute Gasteiger partial charge is 0.147 e. The lowest BCUT2D eigenvalue weighted by Gasteiger charge is -2.34. The summed E-state index contributed by atoms with van der Waals surface area (Å²) in [6.45, 7) is 9.05. The fraction of sp³-hybridized carbons (Fsp3) is 1.00. The molecule has 0 aliphatic carbocycles. The van der Waals surface area contributed by atoms with Crippen LogP contribution in [0.15, 0.2) is 0 Å². The van der Waals surface area contributed by atoms with Crippen molar-refractivity contribution in [2.45, 2.75) is 33.6 Å². The molecule has 0 aromatic rings. The van der Waals surface area contributed by atoms with E-state index >= 15 is 0 Å². The number of hydrogen-bond acceptors (Lipinski definition) is 4. The van der Waals surface area contributed by atoms with Gasteiger partial charge in [-0.2, -0.15) is 0 Å². The molecule has 0 saturated heterocycles. The second kappa shape index (κ2) is 8.12. The maximum atomic E-state index is 11.2. The summed E-state index contributed by atoms with van der Waals surface area (Å²) in [5.41, 5.74) is 0.137. The molecule has 0 spiro atoms. The quantitative estimate of drug-likeness (QED) is 0.619. The van der Waals surface area contributed by atoms with Gasteiger partial charge in [0, 0.05) is 32.2 Å². The second-order valence-corrected chi connectivity index (χ2v) is 7.97. The van der Waals surface area contributed by atoms with Gasteiger partial charge < -0.3 is 10.1 Å². The molecule has 1 N–H and O–H groups in total. The fourth-order valence-electron chi connectivity index (χ4n) is 1.87. The molecule has 1 unspecified atom stereocenters. The van der Waals surface area contributed by atoms with E-state index in [1.54, 1.807) is 7.11 Å². The molecule has 0 rings (SSSR count). The number of sulfone groups is 1. The van der Waals surface area contributed by atoms with Gasteiger partial charge >= 0.3 is 0 Å². The van der Waals surface area contributed by atoms with Crippen molar-refractivity contribution in [1.29, 1.82) is 0 Å². The molecule has 0 aromatic carbocycles. The van der Waals surface area contributed by atoms with Crippen LogP contribution >= 0.6 is 0 Å². The van der Waals surface area contributed by atoms with Gasteiger partial charge in [-0.05, 0) is 24.2 Å². The number of ether oxygens (including phenoxy) is 1. The van der Waals surface area contributed by atoms with Gasteiger partial charge in [0.1, 0.15) is 9.84 Å². The van der Waals surface area contributed by atoms with Gasteiger partial charge in [-0.25, -0.2) is 8.42 Å². The van der Waals surface area contributed by atoms with Crippen LogP contribution in [0, 0.1) is 11.3 Å². The van der Waals surface area contributed by atoms with Crippen molar-refractivity contribution < 1.29 is 13.2 Å². The summed E-state index contributed by atoms with van der Waals surface area (Å²) in [6.07, 6.45) is 2.97. The Hall–Kier alpha value is -0.130. The summed E-state index contributed by atoms with van der Waals surface area (Å²) in [7, 11) is -1.15. The van der Waals surface area contributed by atoms with Gasteiger partial charge in [0.05, 0.1) is 6.61 Å². The van der Waals surface area contributed by atoms with E-state index in [4.69, 9.17) is 4.74 Å². The van der Waals surface area contributed by atoms with E-state index in [0.29, 0.717) is 12.5 Å². The first-order valence-corrected chi connectivity index (χ1v) is 8.65. The third-order valence-corrected chi connectivity index (χ3v) is 4.70. The van der Waals surface area contributed by atoms with E-state index in [2.05, 4.69) is 26.1 Å². The highest BCUT2D eigenvalue weighted by Gasteiger charge is 2.27. The number of rotatable bonds is 10. The van der Waals surface area contributed by atoms with Crippen LogP contribution in [0.25, 0.3) is 0 Å². The Morgan fingerprint density at radius 2 is 1.94 bits per heavy atom. The van der Waals surface area contributed by atoms with Crippen LogP contribution in [0.3, 0.4) is 0 Å². The summed E-state index contributed by atoms with van der Waals surface area (Å²) in [5.74, 6) is 0.806. The summed E-state index contributed by atoms with van der Waals surface area (Å²) in [5, 5.41) is 3.38. The Bertz CT molecular complexity index is 314. The predicted molar refractivity (Wildman–Crippen MR) is 76.6 cm³/mol. The second-order valence-electron chi connectivity index (χ2n) is 5.71. The fourth-order valence-corrected chi connectivity index (χ4v) is 2.54. The molecular formula is C13H29NO3S. The molecule has 0 saturated carbocycles. The van der Waals surface area contributed by atoms with Crippen molar-refractivity contribution >= 4 is 9.84 Å². The lowest BCUT2D eigenvalue weighted by Crippen LogP contribution is -2.37. The molecule has 0 fully saturated rings. The number of methoxy groups -OCH3 is 1. The average molecular weight is 279 g/mol. The molecule has 0 aliphatic heterocycles. The van der Waals surface area contributed by atoms with E-state index in [1.807, 2.05) is 0 Å². The molecule has 1 atom stereocenters. The van der Waals surface area contributed by atoms with Crippen LogP contribution in [0.1, 0.15) is 33.6 Å². The van der Waals surface area contributed by atoms with Crippen LogP contribution in [-0.2, 0) is 14.6 Å². The minimum Gasteiger partial charge on any atom is -0.383 e. The lowest BCUT2D eigenvalue weighted by atomic mass is 9.75. The molecule has 0 aliphatic rings. The van der Waals surface area contributed by atoms with Crippen molar-refractivity contribution in [2.24, 2.45) is 11.3 Å². The maximum Gasteiger partial charge on any atom is 0.147 e.